The molecule has 2 fully saturated rings. The van der Waals surface area contributed by atoms with Crippen molar-refractivity contribution in [3.63, 3.8) is 0 Å². The summed E-state index contributed by atoms with van der Waals surface area (Å²) >= 11 is 0. The summed E-state index contributed by atoms with van der Waals surface area (Å²) in [4.78, 5) is 14.1. The number of rotatable bonds is 4. The number of hydrogen-bond acceptors (Lipinski definition) is 3. The van der Waals surface area contributed by atoms with Crippen LogP contribution in [0.25, 0.3) is 0 Å². The predicted octanol–water partition coefficient (Wildman–Crippen LogP) is 4.91. The Hall–Kier alpha value is -2.07. The molecule has 4 nitrogen and oxygen atoms in total. The Morgan fingerprint density at radius 3 is 2.03 bits per heavy atom. The highest BCUT2D eigenvalue weighted by Crippen LogP contribution is 2.55. The molecule has 0 unspecified atom stereocenters. The molecule has 164 valence electrons. The Morgan fingerprint density at radius 2 is 1.57 bits per heavy atom. The van der Waals surface area contributed by atoms with E-state index in [4.69, 9.17) is 0 Å². The smallest absolute Gasteiger partial charge is 0.341 e. The van der Waals surface area contributed by atoms with Crippen molar-refractivity contribution in [1.82, 2.24) is 10.2 Å². The van der Waals surface area contributed by atoms with Crippen molar-refractivity contribution in [3.05, 3.63) is 35.9 Å². The first-order valence-electron chi connectivity index (χ1n) is 10.6. The van der Waals surface area contributed by atoms with Crippen LogP contribution in [-0.2, 0) is 10.3 Å². The van der Waals surface area contributed by atoms with Crippen molar-refractivity contribution in [1.29, 1.82) is 5.26 Å². The zero-order chi connectivity index (χ0) is 22.0. The zero-order valence-corrected chi connectivity index (χ0v) is 17.7. The lowest BCUT2D eigenvalue weighted by molar-refractivity contribution is -0.178. The second kappa shape index (κ2) is 8.22. The van der Waals surface area contributed by atoms with Gasteiger partial charge in [0.15, 0.2) is 0 Å². The van der Waals surface area contributed by atoms with Crippen molar-refractivity contribution < 1.29 is 18.0 Å². The molecule has 1 aromatic rings. The molecule has 1 N–H and O–H groups in total. The molecule has 7 heteroatoms. The first-order valence-corrected chi connectivity index (χ1v) is 10.6. The Kier molecular flexibility index (Phi) is 6.20. The number of benzene rings is 1. The van der Waals surface area contributed by atoms with Crippen LogP contribution in [0.1, 0.15) is 63.4 Å². The summed E-state index contributed by atoms with van der Waals surface area (Å²) in [6.07, 6.45) is 0.458. The zero-order valence-electron chi connectivity index (χ0n) is 17.7. The first kappa shape index (κ1) is 22.6. The highest BCUT2D eigenvalue weighted by atomic mass is 19.4. The molecule has 0 radical (unpaired) electrons. The molecule has 2 aliphatic rings. The Bertz CT molecular complexity index is 784. The molecule has 1 aromatic carbocycles. The van der Waals surface area contributed by atoms with Crippen LogP contribution < -0.4 is 5.32 Å². The molecule has 3 rings (SSSR count). The molecule has 1 amide bonds. The molecule has 0 spiro atoms. The number of alkyl halides is 3. The Balaban J connectivity index is 1.95. The van der Waals surface area contributed by atoms with E-state index in [9.17, 15) is 23.2 Å². The quantitative estimate of drug-likeness (QED) is 0.752. The fourth-order valence-electron chi connectivity index (χ4n) is 5.70. The van der Waals surface area contributed by atoms with Crippen LogP contribution in [0.15, 0.2) is 30.3 Å². The van der Waals surface area contributed by atoms with Crippen LogP contribution in [0.2, 0.25) is 0 Å². The summed E-state index contributed by atoms with van der Waals surface area (Å²) in [5.41, 5.74) is -1.24. The summed E-state index contributed by atoms with van der Waals surface area (Å²) in [6, 6.07) is 12.5. The van der Waals surface area contributed by atoms with Gasteiger partial charge in [0.25, 0.3) is 0 Å². The molecule has 0 bridgehead atoms. The van der Waals surface area contributed by atoms with Gasteiger partial charge < -0.3 is 5.32 Å². The van der Waals surface area contributed by atoms with Gasteiger partial charge in [-0.05, 0) is 58.2 Å². The van der Waals surface area contributed by atoms with Crippen LogP contribution in [0.3, 0.4) is 0 Å². The first-order chi connectivity index (χ1) is 14.1. The Labute approximate surface area is 176 Å². The molecule has 2 aliphatic carbocycles. The van der Waals surface area contributed by atoms with Gasteiger partial charge in [-0.1, -0.05) is 49.6 Å². The highest BCUT2D eigenvalue weighted by molar-refractivity contribution is 5.82. The topological polar surface area (TPSA) is 56.1 Å². The van der Waals surface area contributed by atoms with Crippen LogP contribution in [-0.4, -0.2) is 36.6 Å². The van der Waals surface area contributed by atoms with Gasteiger partial charge in [-0.25, -0.2) is 0 Å². The maximum atomic E-state index is 13.1. The fraction of sp³-hybridized carbons (Fsp3) is 0.652. The van der Waals surface area contributed by atoms with Crippen molar-refractivity contribution in [2.45, 2.75) is 75.0 Å². The van der Waals surface area contributed by atoms with E-state index in [1.54, 1.807) is 0 Å². The minimum Gasteiger partial charge on any atom is -0.341 e. The molecule has 0 aliphatic heterocycles. The number of nitrogens with zero attached hydrogens (tertiary/aromatic N) is 2. The van der Waals surface area contributed by atoms with E-state index in [0.717, 1.165) is 24.8 Å². The maximum absolute atomic E-state index is 13.1. The molecule has 2 saturated carbocycles. The molecular formula is C23H30F3N3O. The van der Waals surface area contributed by atoms with E-state index in [0.29, 0.717) is 38.5 Å². The Morgan fingerprint density at radius 1 is 1.00 bits per heavy atom. The van der Waals surface area contributed by atoms with Crippen LogP contribution in [0.4, 0.5) is 13.2 Å². The van der Waals surface area contributed by atoms with E-state index in [1.807, 2.05) is 32.3 Å². The van der Waals surface area contributed by atoms with Gasteiger partial charge in [0.2, 0.25) is 0 Å². The van der Waals surface area contributed by atoms with Gasteiger partial charge in [0.1, 0.15) is 0 Å². The van der Waals surface area contributed by atoms with E-state index < -0.39 is 23.0 Å². The molecule has 0 atom stereocenters. The van der Waals surface area contributed by atoms with E-state index in [1.165, 1.54) is 0 Å². The predicted molar refractivity (Wildman–Crippen MR) is 108 cm³/mol. The number of amides is 1. The van der Waals surface area contributed by atoms with Crippen molar-refractivity contribution >= 4 is 5.91 Å². The van der Waals surface area contributed by atoms with Crippen molar-refractivity contribution in [3.8, 4) is 6.07 Å². The normalized spacial score (nSPS) is 29.2. The number of carbonyl (C=O) groups excluding carboxylic acids is 1. The van der Waals surface area contributed by atoms with E-state index >= 15 is 0 Å². The summed E-state index contributed by atoms with van der Waals surface area (Å²) in [5, 5.41) is 12.6. The molecule has 0 heterocycles. The van der Waals surface area contributed by atoms with Gasteiger partial charge in [0.05, 0.1) is 17.0 Å². The molecule has 30 heavy (non-hydrogen) atoms. The standard InChI is InChI=1S/C23H30F3N3O/c1-29(2)21(18-9-5-3-6-10-18)15-13-20(17-27,14-16-21)22(11-7-4-8-12-22)28-19(30)23(24,25)26/h3,5-6,9-10H,4,7-8,11-16H2,1-2H3,(H,28,30). The minimum atomic E-state index is -4.95. The highest BCUT2D eigenvalue weighted by Gasteiger charge is 2.58. The average Bonchev–Trinajstić information content (AvgIpc) is 2.74. The fourth-order valence-corrected chi connectivity index (χ4v) is 5.70. The second-order valence-electron chi connectivity index (χ2n) is 9.08. The van der Waals surface area contributed by atoms with Crippen LogP contribution in [0.5, 0.6) is 0 Å². The minimum absolute atomic E-state index is 0.272. The number of halogens is 3. The summed E-state index contributed by atoms with van der Waals surface area (Å²) in [5.74, 6) is -1.92. The van der Waals surface area contributed by atoms with Crippen molar-refractivity contribution in [2.75, 3.05) is 14.1 Å². The van der Waals surface area contributed by atoms with Gasteiger partial charge in [-0.3, -0.25) is 9.69 Å². The maximum Gasteiger partial charge on any atom is 0.471 e. The monoisotopic (exact) mass is 421 g/mol. The van der Waals surface area contributed by atoms with E-state index in [-0.39, 0.29) is 5.54 Å². The average molecular weight is 422 g/mol. The number of hydrogen-bond donors (Lipinski definition) is 1. The SMILES string of the molecule is CN(C)C1(c2ccccc2)CCC(C#N)(C2(NC(=O)C(F)(F)F)CCCCC2)CC1. The largest absolute Gasteiger partial charge is 0.471 e. The van der Waals surface area contributed by atoms with Gasteiger partial charge >= 0.3 is 12.1 Å². The number of nitriles is 1. The summed E-state index contributed by atoms with van der Waals surface area (Å²) in [7, 11) is 4.02. The molecule has 0 saturated heterocycles. The second-order valence-corrected chi connectivity index (χ2v) is 9.08. The lowest BCUT2D eigenvalue weighted by Gasteiger charge is -2.55. The summed E-state index contributed by atoms with van der Waals surface area (Å²) < 4.78 is 39.4. The number of nitrogens with one attached hydrogen (secondary N) is 1. The molecular weight excluding hydrogens is 391 g/mol. The van der Waals surface area contributed by atoms with Crippen molar-refractivity contribution in [2.24, 2.45) is 5.41 Å². The van der Waals surface area contributed by atoms with Crippen LogP contribution in [0, 0.1) is 16.7 Å². The van der Waals surface area contributed by atoms with Crippen LogP contribution >= 0.6 is 0 Å². The lowest BCUT2D eigenvalue weighted by Crippen LogP contribution is -2.64. The molecule has 0 aromatic heterocycles. The summed E-state index contributed by atoms with van der Waals surface area (Å²) in [6.45, 7) is 0. The lowest BCUT2D eigenvalue weighted by atomic mass is 9.54. The van der Waals surface area contributed by atoms with E-state index in [2.05, 4.69) is 28.4 Å². The number of carbonyl (C=O) groups is 1. The van der Waals surface area contributed by atoms with Gasteiger partial charge in [-0.15, -0.1) is 0 Å². The van der Waals surface area contributed by atoms with Gasteiger partial charge in [-0.2, -0.15) is 18.4 Å². The third kappa shape index (κ3) is 3.82. The third-order valence-electron chi connectivity index (χ3n) is 7.55. The van der Waals surface area contributed by atoms with Gasteiger partial charge in [0, 0.05) is 5.54 Å². The third-order valence-corrected chi connectivity index (χ3v) is 7.55.